The van der Waals surface area contributed by atoms with Crippen molar-refractivity contribution in [3.05, 3.63) is 22.3 Å². The average molecular weight is 376 g/mol. The first-order valence-electron chi connectivity index (χ1n) is 6.67. The Balaban J connectivity index is 2.25. The Bertz CT molecular complexity index is 389. The van der Waals surface area contributed by atoms with Crippen molar-refractivity contribution in [2.75, 3.05) is 16.8 Å². The Morgan fingerprint density at radius 3 is 2.72 bits per heavy atom. The fourth-order valence-electron chi connectivity index (χ4n) is 2.67. The molecule has 1 aliphatic rings. The number of halogens is 2. The molecule has 1 aromatic heterocycles. The number of pyridine rings is 1. The molecule has 0 N–H and O–H groups in total. The van der Waals surface area contributed by atoms with Crippen molar-refractivity contribution >= 4 is 37.7 Å². The minimum atomic E-state index is 0.655. The Morgan fingerprint density at radius 1 is 1.33 bits per heavy atom. The van der Waals surface area contributed by atoms with Gasteiger partial charge in [-0.1, -0.05) is 35.2 Å². The second-order valence-corrected chi connectivity index (χ2v) is 6.53. The number of alkyl halides is 1. The summed E-state index contributed by atoms with van der Waals surface area (Å²) < 4.78 is 1.15. The third-order valence-electron chi connectivity index (χ3n) is 3.68. The summed E-state index contributed by atoms with van der Waals surface area (Å²) in [5.41, 5.74) is 1.26. The Labute approximate surface area is 126 Å². The quantitative estimate of drug-likeness (QED) is 0.710. The van der Waals surface area contributed by atoms with E-state index in [0.717, 1.165) is 22.2 Å². The Morgan fingerprint density at radius 2 is 2.06 bits per heavy atom. The molecule has 0 aliphatic heterocycles. The highest BCUT2D eigenvalue weighted by Gasteiger charge is 2.23. The summed E-state index contributed by atoms with van der Waals surface area (Å²) >= 11 is 7.27. The van der Waals surface area contributed by atoms with Crippen LogP contribution in [0.4, 0.5) is 5.82 Å². The lowest BCUT2D eigenvalue weighted by molar-refractivity contribution is 0.416. The van der Waals surface area contributed by atoms with Crippen molar-refractivity contribution < 1.29 is 0 Å². The normalized spacial score (nSPS) is 16.8. The molecule has 0 unspecified atom stereocenters. The number of hydrogen-bond donors (Lipinski definition) is 0. The van der Waals surface area contributed by atoms with E-state index in [4.69, 9.17) is 0 Å². The Hall–Kier alpha value is -0.0900. The van der Waals surface area contributed by atoms with Crippen LogP contribution in [0, 0.1) is 6.92 Å². The van der Waals surface area contributed by atoms with Crippen molar-refractivity contribution in [1.29, 1.82) is 0 Å². The summed E-state index contributed by atoms with van der Waals surface area (Å²) in [7, 11) is 0. The molecule has 1 aromatic rings. The van der Waals surface area contributed by atoms with Gasteiger partial charge < -0.3 is 4.90 Å². The van der Waals surface area contributed by atoms with Gasteiger partial charge in [-0.2, -0.15) is 0 Å². The fourth-order valence-corrected chi connectivity index (χ4v) is 3.52. The van der Waals surface area contributed by atoms with Gasteiger partial charge >= 0.3 is 0 Å². The van der Waals surface area contributed by atoms with Crippen molar-refractivity contribution in [3.8, 4) is 0 Å². The predicted octanol–water partition coefficient (Wildman–Crippen LogP) is 4.69. The summed E-state index contributed by atoms with van der Waals surface area (Å²) in [6.45, 7) is 3.15. The summed E-state index contributed by atoms with van der Waals surface area (Å²) in [4.78, 5) is 7.07. The molecule has 1 aliphatic carbocycles. The number of rotatable bonds is 4. The predicted molar refractivity (Wildman–Crippen MR) is 84.7 cm³/mol. The van der Waals surface area contributed by atoms with E-state index in [9.17, 15) is 0 Å². The molecule has 2 rings (SSSR count). The van der Waals surface area contributed by atoms with Gasteiger partial charge in [0.25, 0.3) is 0 Å². The summed E-state index contributed by atoms with van der Waals surface area (Å²) in [5.74, 6) is 1.11. The molecule has 4 heteroatoms. The van der Waals surface area contributed by atoms with Crippen LogP contribution in [0.5, 0.6) is 0 Å². The Kier molecular flexibility index (Phi) is 5.49. The standard InChI is InChI=1S/C14H20Br2N2/c1-11-7-9-17-14(13(11)16)18(10-8-15)12-5-3-2-4-6-12/h7,9,12H,2-6,8,10H2,1H3. The zero-order chi connectivity index (χ0) is 13.0. The van der Waals surface area contributed by atoms with Crippen LogP contribution in [0.3, 0.4) is 0 Å². The summed E-state index contributed by atoms with van der Waals surface area (Å²) in [5, 5.41) is 0.992. The average Bonchev–Trinajstić information content (AvgIpc) is 2.41. The van der Waals surface area contributed by atoms with Crippen LogP contribution in [0.1, 0.15) is 37.7 Å². The van der Waals surface area contributed by atoms with Gasteiger partial charge in [0.1, 0.15) is 5.82 Å². The number of aromatic nitrogens is 1. The molecular weight excluding hydrogens is 356 g/mol. The second kappa shape index (κ2) is 6.90. The molecule has 0 aromatic carbocycles. The van der Waals surface area contributed by atoms with Gasteiger partial charge in [0.2, 0.25) is 0 Å². The third kappa shape index (κ3) is 3.27. The molecule has 18 heavy (non-hydrogen) atoms. The lowest BCUT2D eigenvalue weighted by atomic mass is 9.94. The zero-order valence-electron chi connectivity index (χ0n) is 10.8. The van der Waals surface area contributed by atoms with Crippen LogP contribution < -0.4 is 4.90 Å². The lowest BCUT2D eigenvalue weighted by Gasteiger charge is -2.35. The highest BCUT2D eigenvalue weighted by atomic mass is 79.9. The van der Waals surface area contributed by atoms with Crippen molar-refractivity contribution in [2.24, 2.45) is 0 Å². The van der Waals surface area contributed by atoms with E-state index in [1.165, 1.54) is 37.7 Å². The van der Waals surface area contributed by atoms with Crippen LogP contribution in [0.2, 0.25) is 0 Å². The largest absolute Gasteiger partial charge is 0.352 e. The molecule has 1 heterocycles. The highest BCUT2D eigenvalue weighted by molar-refractivity contribution is 9.10. The van der Waals surface area contributed by atoms with Crippen molar-refractivity contribution in [1.82, 2.24) is 4.98 Å². The minimum absolute atomic E-state index is 0.655. The molecule has 2 nitrogen and oxygen atoms in total. The van der Waals surface area contributed by atoms with Gasteiger partial charge in [-0.05, 0) is 47.3 Å². The van der Waals surface area contributed by atoms with E-state index in [1.54, 1.807) is 0 Å². The van der Waals surface area contributed by atoms with E-state index in [-0.39, 0.29) is 0 Å². The van der Waals surface area contributed by atoms with Crippen molar-refractivity contribution in [2.45, 2.75) is 45.1 Å². The highest BCUT2D eigenvalue weighted by Crippen LogP contribution is 2.32. The van der Waals surface area contributed by atoms with Gasteiger partial charge in [0.05, 0.1) is 4.47 Å². The molecule has 0 saturated heterocycles. The van der Waals surface area contributed by atoms with Crippen molar-refractivity contribution in [3.63, 3.8) is 0 Å². The van der Waals surface area contributed by atoms with Gasteiger partial charge in [0, 0.05) is 24.1 Å². The number of hydrogen-bond acceptors (Lipinski definition) is 2. The molecule has 1 saturated carbocycles. The second-order valence-electron chi connectivity index (χ2n) is 4.94. The first-order chi connectivity index (χ1) is 8.74. The SMILES string of the molecule is Cc1ccnc(N(CCBr)C2CCCCC2)c1Br. The van der Waals surface area contributed by atoms with Crippen LogP contribution in [0.15, 0.2) is 16.7 Å². The maximum absolute atomic E-state index is 4.59. The number of aryl methyl sites for hydroxylation is 1. The smallest absolute Gasteiger partial charge is 0.143 e. The third-order valence-corrected chi connectivity index (χ3v) is 5.01. The molecular formula is C14H20Br2N2. The minimum Gasteiger partial charge on any atom is -0.352 e. The van der Waals surface area contributed by atoms with Gasteiger partial charge in [-0.3, -0.25) is 0 Å². The molecule has 0 radical (unpaired) electrons. The van der Waals surface area contributed by atoms with E-state index < -0.39 is 0 Å². The lowest BCUT2D eigenvalue weighted by Crippen LogP contribution is -2.39. The zero-order valence-corrected chi connectivity index (χ0v) is 14.0. The summed E-state index contributed by atoms with van der Waals surface area (Å²) in [6, 6.07) is 2.71. The fraction of sp³-hybridized carbons (Fsp3) is 0.643. The van der Waals surface area contributed by atoms with E-state index in [2.05, 4.69) is 54.7 Å². The molecule has 0 amide bonds. The topological polar surface area (TPSA) is 16.1 Å². The first-order valence-corrected chi connectivity index (χ1v) is 8.59. The number of anilines is 1. The maximum Gasteiger partial charge on any atom is 0.143 e. The van der Waals surface area contributed by atoms with Gasteiger partial charge in [0.15, 0.2) is 0 Å². The molecule has 100 valence electrons. The van der Waals surface area contributed by atoms with E-state index in [1.807, 2.05) is 6.20 Å². The summed E-state index contributed by atoms with van der Waals surface area (Å²) in [6.07, 6.45) is 8.62. The molecule has 0 atom stereocenters. The molecule has 1 fully saturated rings. The van der Waals surface area contributed by atoms with Gasteiger partial charge in [-0.25, -0.2) is 4.98 Å². The van der Waals surface area contributed by atoms with Crippen LogP contribution in [-0.2, 0) is 0 Å². The van der Waals surface area contributed by atoms with E-state index in [0.29, 0.717) is 6.04 Å². The first kappa shape index (κ1) is 14.3. The molecule has 0 spiro atoms. The van der Waals surface area contributed by atoms with Gasteiger partial charge in [-0.15, -0.1) is 0 Å². The van der Waals surface area contributed by atoms with Crippen LogP contribution in [0.25, 0.3) is 0 Å². The maximum atomic E-state index is 4.59. The van der Waals surface area contributed by atoms with Crippen LogP contribution >= 0.6 is 31.9 Å². The monoisotopic (exact) mass is 374 g/mol. The van der Waals surface area contributed by atoms with E-state index >= 15 is 0 Å². The molecule has 0 bridgehead atoms. The van der Waals surface area contributed by atoms with Crippen LogP contribution in [-0.4, -0.2) is 22.9 Å². The number of nitrogens with zero attached hydrogens (tertiary/aromatic N) is 2.